The fourth-order valence-corrected chi connectivity index (χ4v) is 1.32. The summed E-state index contributed by atoms with van der Waals surface area (Å²) in [5, 5.41) is 3.27. The van der Waals surface area contributed by atoms with Gasteiger partial charge in [0.1, 0.15) is 11.6 Å². The van der Waals surface area contributed by atoms with Gasteiger partial charge in [-0.05, 0) is 39.7 Å². The second-order valence-electron chi connectivity index (χ2n) is 4.04. The van der Waals surface area contributed by atoms with Crippen molar-refractivity contribution in [2.45, 2.75) is 39.7 Å². The van der Waals surface area contributed by atoms with Crippen molar-refractivity contribution in [2.75, 3.05) is 18.5 Å². The summed E-state index contributed by atoms with van der Waals surface area (Å²) >= 11 is 0. The summed E-state index contributed by atoms with van der Waals surface area (Å²) < 4.78 is 5.46. The van der Waals surface area contributed by atoms with Crippen LogP contribution in [0.5, 0.6) is 0 Å². The lowest BCUT2D eigenvalue weighted by Crippen LogP contribution is -2.08. The third-order valence-corrected chi connectivity index (χ3v) is 2.10. The Morgan fingerprint density at radius 3 is 2.88 bits per heavy atom. The lowest BCUT2D eigenvalue weighted by Gasteiger charge is -2.08. The van der Waals surface area contributed by atoms with Gasteiger partial charge in [-0.25, -0.2) is 9.97 Å². The standard InChI is InChI=1S/C12H21N3O/c1-10(2)16-9-5-4-7-14-12-6-8-13-11(3)15-12/h6,8,10H,4-5,7,9H2,1-3H3,(H,13,14,15). The summed E-state index contributed by atoms with van der Waals surface area (Å²) in [6.07, 6.45) is 4.27. The minimum Gasteiger partial charge on any atom is -0.379 e. The van der Waals surface area contributed by atoms with Crippen LogP contribution in [-0.2, 0) is 4.74 Å². The highest BCUT2D eigenvalue weighted by molar-refractivity contribution is 5.32. The van der Waals surface area contributed by atoms with Gasteiger partial charge in [0.2, 0.25) is 0 Å². The summed E-state index contributed by atoms with van der Waals surface area (Å²) in [7, 11) is 0. The van der Waals surface area contributed by atoms with Crippen molar-refractivity contribution >= 4 is 5.82 Å². The molecule has 0 atom stereocenters. The van der Waals surface area contributed by atoms with Crippen LogP contribution in [0, 0.1) is 6.92 Å². The SMILES string of the molecule is Cc1nccc(NCCCCOC(C)C)n1. The quantitative estimate of drug-likeness (QED) is 0.721. The Balaban J connectivity index is 2.07. The molecule has 0 saturated carbocycles. The van der Waals surface area contributed by atoms with E-state index in [9.17, 15) is 0 Å². The molecule has 0 radical (unpaired) electrons. The Bertz CT molecular complexity index is 302. The average molecular weight is 223 g/mol. The lowest BCUT2D eigenvalue weighted by molar-refractivity contribution is 0.0765. The lowest BCUT2D eigenvalue weighted by atomic mass is 10.3. The van der Waals surface area contributed by atoms with Gasteiger partial charge in [-0.1, -0.05) is 0 Å². The molecule has 1 N–H and O–H groups in total. The molecule has 0 fully saturated rings. The van der Waals surface area contributed by atoms with E-state index >= 15 is 0 Å². The van der Waals surface area contributed by atoms with E-state index in [1.807, 2.05) is 13.0 Å². The van der Waals surface area contributed by atoms with Gasteiger partial charge in [-0.15, -0.1) is 0 Å². The van der Waals surface area contributed by atoms with E-state index in [2.05, 4.69) is 29.1 Å². The Morgan fingerprint density at radius 2 is 2.19 bits per heavy atom. The first-order valence-electron chi connectivity index (χ1n) is 5.83. The zero-order valence-electron chi connectivity index (χ0n) is 10.4. The minimum atomic E-state index is 0.331. The molecule has 0 spiro atoms. The van der Waals surface area contributed by atoms with E-state index in [0.29, 0.717) is 6.10 Å². The number of aryl methyl sites for hydroxylation is 1. The highest BCUT2D eigenvalue weighted by Crippen LogP contribution is 2.02. The van der Waals surface area contributed by atoms with Crippen LogP contribution in [0.1, 0.15) is 32.5 Å². The van der Waals surface area contributed by atoms with Gasteiger partial charge in [0.05, 0.1) is 6.10 Å². The van der Waals surface area contributed by atoms with Gasteiger partial charge in [-0.3, -0.25) is 0 Å². The molecule has 0 aliphatic carbocycles. The summed E-state index contributed by atoms with van der Waals surface area (Å²) in [5.41, 5.74) is 0. The summed E-state index contributed by atoms with van der Waals surface area (Å²) in [6.45, 7) is 7.77. The van der Waals surface area contributed by atoms with Crippen LogP contribution in [0.4, 0.5) is 5.82 Å². The third kappa shape index (κ3) is 5.66. The van der Waals surface area contributed by atoms with E-state index < -0.39 is 0 Å². The van der Waals surface area contributed by atoms with Crippen LogP contribution in [0.15, 0.2) is 12.3 Å². The first-order chi connectivity index (χ1) is 7.68. The zero-order chi connectivity index (χ0) is 11.8. The van der Waals surface area contributed by atoms with Crippen LogP contribution in [-0.4, -0.2) is 29.2 Å². The molecule has 4 heteroatoms. The van der Waals surface area contributed by atoms with E-state index in [1.165, 1.54) is 0 Å². The summed E-state index contributed by atoms with van der Waals surface area (Å²) in [6, 6.07) is 1.89. The van der Waals surface area contributed by atoms with Gasteiger partial charge in [0, 0.05) is 19.3 Å². The zero-order valence-corrected chi connectivity index (χ0v) is 10.4. The monoisotopic (exact) mass is 223 g/mol. The molecule has 1 heterocycles. The van der Waals surface area contributed by atoms with Crippen LogP contribution in [0.3, 0.4) is 0 Å². The molecule has 1 aromatic rings. The van der Waals surface area contributed by atoms with E-state index in [-0.39, 0.29) is 0 Å². The van der Waals surface area contributed by atoms with E-state index in [0.717, 1.165) is 37.6 Å². The average Bonchev–Trinajstić information content (AvgIpc) is 2.23. The largest absolute Gasteiger partial charge is 0.379 e. The first kappa shape index (κ1) is 12.9. The fraction of sp³-hybridized carbons (Fsp3) is 0.667. The van der Waals surface area contributed by atoms with Crippen molar-refractivity contribution in [3.8, 4) is 0 Å². The van der Waals surface area contributed by atoms with E-state index in [1.54, 1.807) is 6.20 Å². The Hall–Kier alpha value is -1.16. The van der Waals surface area contributed by atoms with Gasteiger partial charge >= 0.3 is 0 Å². The molecule has 16 heavy (non-hydrogen) atoms. The number of hydrogen-bond donors (Lipinski definition) is 1. The molecule has 0 amide bonds. The number of rotatable bonds is 7. The Kier molecular flexibility index (Phi) is 5.78. The molecule has 0 aliphatic rings. The number of ether oxygens (including phenoxy) is 1. The van der Waals surface area contributed by atoms with Crippen molar-refractivity contribution in [2.24, 2.45) is 0 Å². The van der Waals surface area contributed by atoms with Gasteiger partial charge < -0.3 is 10.1 Å². The van der Waals surface area contributed by atoms with Crippen molar-refractivity contribution in [1.82, 2.24) is 9.97 Å². The van der Waals surface area contributed by atoms with Crippen molar-refractivity contribution in [1.29, 1.82) is 0 Å². The predicted molar refractivity (Wildman–Crippen MR) is 65.6 cm³/mol. The number of aromatic nitrogens is 2. The maximum absolute atomic E-state index is 5.46. The topological polar surface area (TPSA) is 47.0 Å². The maximum Gasteiger partial charge on any atom is 0.129 e. The molecule has 1 rings (SSSR count). The van der Waals surface area contributed by atoms with Gasteiger partial charge in [-0.2, -0.15) is 0 Å². The number of anilines is 1. The highest BCUT2D eigenvalue weighted by Gasteiger charge is 1.95. The smallest absolute Gasteiger partial charge is 0.129 e. The molecule has 0 bridgehead atoms. The van der Waals surface area contributed by atoms with Crippen molar-refractivity contribution in [3.05, 3.63) is 18.1 Å². The molecule has 90 valence electrons. The van der Waals surface area contributed by atoms with Gasteiger partial charge in [0.25, 0.3) is 0 Å². The van der Waals surface area contributed by atoms with Crippen LogP contribution >= 0.6 is 0 Å². The van der Waals surface area contributed by atoms with Crippen LogP contribution in [0.25, 0.3) is 0 Å². The van der Waals surface area contributed by atoms with Crippen molar-refractivity contribution in [3.63, 3.8) is 0 Å². The number of hydrogen-bond acceptors (Lipinski definition) is 4. The van der Waals surface area contributed by atoms with Crippen LogP contribution < -0.4 is 5.32 Å². The number of nitrogens with one attached hydrogen (secondary N) is 1. The van der Waals surface area contributed by atoms with Crippen molar-refractivity contribution < 1.29 is 4.74 Å². The Labute approximate surface area is 97.5 Å². The molecule has 0 unspecified atom stereocenters. The van der Waals surface area contributed by atoms with Gasteiger partial charge in [0.15, 0.2) is 0 Å². The molecule has 1 aromatic heterocycles. The molecule has 0 aromatic carbocycles. The molecule has 0 saturated heterocycles. The maximum atomic E-state index is 5.46. The second kappa shape index (κ2) is 7.17. The molecule has 0 aliphatic heterocycles. The molecular weight excluding hydrogens is 202 g/mol. The highest BCUT2D eigenvalue weighted by atomic mass is 16.5. The minimum absolute atomic E-state index is 0.331. The predicted octanol–water partition coefficient (Wildman–Crippen LogP) is 2.40. The molecular formula is C12H21N3O. The summed E-state index contributed by atoms with van der Waals surface area (Å²) in [5.74, 6) is 1.70. The second-order valence-corrected chi connectivity index (χ2v) is 4.04. The number of nitrogens with zero attached hydrogens (tertiary/aromatic N) is 2. The summed E-state index contributed by atoms with van der Waals surface area (Å²) in [4.78, 5) is 8.31. The first-order valence-corrected chi connectivity index (χ1v) is 5.83. The third-order valence-electron chi connectivity index (χ3n) is 2.10. The van der Waals surface area contributed by atoms with Crippen LogP contribution in [0.2, 0.25) is 0 Å². The van der Waals surface area contributed by atoms with E-state index in [4.69, 9.17) is 4.74 Å². The normalized spacial score (nSPS) is 10.8. The fourth-order valence-electron chi connectivity index (χ4n) is 1.32. The molecule has 4 nitrogen and oxygen atoms in total. The Morgan fingerprint density at radius 1 is 1.38 bits per heavy atom. The number of unbranched alkanes of at least 4 members (excludes halogenated alkanes) is 1.